The number of hydrogen-bond donors (Lipinski definition) is 1. The van der Waals surface area contributed by atoms with E-state index in [1.165, 1.54) is 24.3 Å². The van der Waals surface area contributed by atoms with Crippen LogP contribution < -0.4 is 14.8 Å². The van der Waals surface area contributed by atoms with E-state index in [4.69, 9.17) is 9.47 Å². The normalized spacial score (nSPS) is 10.9. The van der Waals surface area contributed by atoms with Crippen molar-refractivity contribution in [3.63, 3.8) is 0 Å². The van der Waals surface area contributed by atoms with Crippen LogP contribution in [0.15, 0.2) is 65.1 Å². The van der Waals surface area contributed by atoms with Gasteiger partial charge < -0.3 is 14.8 Å². The van der Waals surface area contributed by atoms with Gasteiger partial charge in [-0.1, -0.05) is 29.8 Å². The van der Waals surface area contributed by atoms with Crippen LogP contribution in [0, 0.1) is 24.1 Å². The Labute approximate surface area is 200 Å². The zero-order valence-electron chi connectivity index (χ0n) is 18.2. The Morgan fingerprint density at radius 2 is 1.82 bits per heavy atom. The van der Waals surface area contributed by atoms with Gasteiger partial charge in [-0.05, 0) is 83.4 Å². The van der Waals surface area contributed by atoms with Crippen molar-refractivity contribution in [3.8, 4) is 17.6 Å². The van der Waals surface area contributed by atoms with Crippen LogP contribution >= 0.6 is 15.9 Å². The van der Waals surface area contributed by atoms with Crippen molar-refractivity contribution >= 4 is 39.2 Å². The standard InChI is InChI=1S/C26H22BrFN2O3/c1-3-32-24-14-18(12-20(15-29)19-6-4-17(2)5-7-19)13-23(27)26(24)33-16-25(31)30-22-10-8-21(28)9-11-22/h4-14H,3,16H2,1-2H3,(H,30,31)/b20-12-. The Hall–Kier alpha value is -3.63. The molecule has 0 saturated carbocycles. The number of carbonyl (C=O) groups is 1. The fourth-order valence-corrected chi connectivity index (χ4v) is 3.60. The van der Waals surface area contributed by atoms with Crippen LogP contribution in [-0.2, 0) is 4.79 Å². The molecule has 3 rings (SSSR count). The molecule has 0 atom stereocenters. The highest BCUT2D eigenvalue weighted by Gasteiger charge is 2.14. The van der Waals surface area contributed by atoms with Gasteiger partial charge in [0, 0.05) is 5.69 Å². The van der Waals surface area contributed by atoms with Crippen molar-refractivity contribution in [1.29, 1.82) is 5.26 Å². The summed E-state index contributed by atoms with van der Waals surface area (Å²) in [5.74, 6) is 0.0303. The Morgan fingerprint density at radius 1 is 1.12 bits per heavy atom. The van der Waals surface area contributed by atoms with Crippen molar-refractivity contribution in [3.05, 3.63) is 87.6 Å². The summed E-state index contributed by atoms with van der Waals surface area (Å²) in [6, 6.07) is 19.0. The number of benzene rings is 3. The average molecular weight is 509 g/mol. The van der Waals surface area contributed by atoms with E-state index in [1.54, 1.807) is 18.2 Å². The molecule has 0 radical (unpaired) electrons. The second-order valence-electron chi connectivity index (χ2n) is 7.14. The van der Waals surface area contributed by atoms with Crippen LogP contribution in [0.1, 0.15) is 23.6 Å². The first-order chi connectivity index (χ1) is 15.9. The van der Waals surface area contributed by atoms with Crippen LogP contribution in [0.2, 0.25) is 0 Å². The van der Waals surface area contributed by atoms with Crippen molar-refractivity contribution in [2.75, 3.05) is 18.5 Å². The summed E-state index contributed by atoms with van der Waals surface area (Å²) in [7, 11) is 0. The van der Waals surface area contributed by atoms with Crippen LogP contribution in [0.3, 0.4) is 0 Å². The van der Waals surface area contributed by atoms with E-state index in [9.17, 15) is 14.4 Å². The summed E-state index contributed by atoms with van der Waals surface area (Å²) < 4.78 is 25.0. The largest absolute Gasteiger partial charge is 0.490 e. The fraction of sp³-hybridized carbons (Fsp3) is 0.154. The van der Waals surface area contributed by atoms with Crippen LogP contribution in [-0.4, -0.2) is 19.1 Å². The Bertz CT molecular complexity index is 1200. The van der Waals surface area contributed by atoms with Gasteiger partial charge in [0.1, 0.15) is 5.82 Å². The quantitative estimate of drug-likeness (QED) is 0.283. The number of ether oxygens (including phenoxy) is 2. The molecule has 3 aromatic carbocycles. The van der Waals surface area contributed by atoms with Gasteiger partial charge in [-0.25, -0.2) is 4.39 Å². The van der Waals surface area contributed by atoms with E-state index in [2.05, 4.69) is 27.3 Å². The minimum atomic E-state index is -0.397. The fourth-order valence-electron chi connectivity index (χ4n) is 3.02. The zero-order chi connectivity index (χ0) is 23.8. The van der Waals surface area contributed by atoms with Crippen molar-refractivity contribution in [2.24, 2.45) is 0 Å². The molecule has 1 amide bonds. The maximum atomic E-state index is 13.0. The predicted molar refractivity (Wildman–Crippen MR) is 130 cm³/mol. The second-order valence-corrected chi connectivity index (χ2v) is 8.00. The second kappa shape index (κ2) is 11.3. The van der Waals surface area contributed by atoms with Gasteiger partial charge in [0.25, 0.3) is 5.91 Å². The third kappa shape index (κ3) is 6.67. The van der Waals surface area contributed by atoms with Crippen LogP contribution in [0.25, 0.3) is 11.6 Å². The summed E-state index contributed by atoms with van der Waals surface area (Å²) in [4.78, 5) is 12.3. The summed E-state index contributed by atoms with van der Waals surface area (Å²) in [5.41, 5.74) is 3.65. The van der Waals surface area contributed by atoms with E-state index in [-0.39, 0.29) is 12.4 Å². The van der Waals surface area contributed by atoms with E-state index in [0.717, 1.165) is 16.7 Å². The molecule has 0 fully saturated rings. The van der Waals surface area contributed by atoms with Crippen molar-refractivity contribution in [1.82, 2.24) is 0 Å². The van der Waals surface area contributed by atoms with E-state index in [1.807, 2.05) is 38.1 Å². The molecular weight excluding hydrogens is 487 g/mol. The van der Waals surface area contributed by atoms with Gasteiger partial charge in [-0.3, -0.25) is 4.79 Å². The SMILES string of the molecule is CCOc1cc(/C=C(/C#N)c2ccc(C)cc2)cc(Br)c1OCC(=O)Nc1ccc(F)cc1. The van der Waals surface area contributed by atoms with Crippen LogP contribution in [0.5, 0.6) is 11.5 Å². The van der Waals surface area contributed by atoms with Crippen molar-refractivity contribution < 1.29 is 18.7 Å². The molecule has 7 heteroatoms. The van der Waals surface area contributed by atoms with E-state index in [0.29, 0.717) is 33.8 Å². The third-order valence-electron chi connectivity index (χ3n) is 4.60. The van der Waals surface area contributed by atoms with Gasteiger partial charge in [-0.15, -0.1) is 0 Å². The number of nitrogens with one attached hydrogen (secondary N) is 1. The number of allylic oxidation sites excluding steroid dienone is 1. The molecule has 0 saturated heterocycles. The molecule has 0 aliphatic heterocycles. The van der Waals surface area contributed by atoms with E-state index < -0.39 is 5.91 Å². The lowest BCUT2D eigenvalue weighted by Crippen LogP contribution is -2.20. The highest BCUT2D eigenvalue weighted by molar-refractivity contribution is 9.10. The van der Waals surface area contributed by atoms with Gasteiger partial charge >= 0.3 is 0 Å². The number of nitrogens with zero attached hydrogens (tertiary/aromatic N) is 1. The lowest BCUT2D eigenvalue weighted by Gasteiger charge is -2.15. The number of rotatable bonds is 8. The molecular formula is C26H22BrFN2O3. The van der Waals surface area contributed by atoms with Gasteiger partial charge in [0.05, 0.1) is 22.7 Å². The van der Waals surface area contributed by atoms with Gasteiger partial charge in [0.2, 0.25) is 0 Å². The molecule has 1 N–H and O–H groups in total. The lowest BCUT2D eigenvalue weighted by molar-refractivity contribution is -0.118. The van der Waals surface area contributed by atoms with Gasteiger partial charge in [-0.2, -0.15) is 5.26 Å². The van der Waals surface area contributed by atoms with E-state index >= 15 is 0 Å². The Balaban J connectivity index is 1.80. The zero-order valence-corrected chi connectivity index (χ0v) is 19.8. The number of aryl methyl sites for hydroxylation is 1. The predicted octanol–water partition coefficient (Wildman–Crippen LogP) is 6.38. The summed E-state index contributed by atoms with van der Waals surface area (Å²) >= 11 is 3.48. The molecule has 168 valence electrons. The molecule has 0 spiro atoms. The molecule has 3 aromatic rings. The third-order valence-corrected chi connectivity index (χ3v) is 5.19. The maximum Gasteiger partial charge on any atom is 0.262 e. The first-order valence-electron chi connectivity index (χ1n) is 10.2. The van der Waals surface area contributed by atoms with Gasteiger partial charge in [0.15, 0.2) is 18.1 Å². The topological polar surface area (TPSA) is 71.3 Å². The smallest absolute Gasteiger partial charge is 0.262 e. The molecule has 0 aliphatic carbocycles. The van der Waals surface area contributed by atoms with Crippen LogP contribution in [0.4, 0.5) is 10.1 Å². The molecule has 0 aliphatic rings. The average Bonchev–Trinajstić information content (AvgIpc) is 2.79. The number of amides is 1. The first-order valence-corrected chi connectivity index (χ1v) is 11.0. The summed E-state index contributed by atoms with van der Waals surface area (Å²) in [6.45, 7) is 3.96. The number of halogens is 2. The molecule has 0 aromatic heterocycles. The molecule has 33 heavy (non-hydrogen) atoms. The molecule has 5 nitrogen and oxygen atoms in total. The minimum absolute atomic E-state index is 0.266. The number of hydrogen-bond acceptors (Lipinski definition) is 4. The summed E-state index contributed by atoms with van der Waals surface area (Å²) in [5, 5.41) is 12.3. The Morgan fingerprint density at radius 3 is 2.45 bits per heavy atom. The highest BCUT2D eigenvalue weighted by atomic mass is 79.9. The number of nitriles is 1. The number of anilines is 1. The minimum Gasteiger partial charge on any atom is -0.490 e. The first kappa shape index (κ1) is 24.0. The summed E-state index contributed by atoms with van der Waals surface area (Å²) in [6.07, 6.45) is 1.77. The number of carbonyl (C=O) groups excluding carboxylic acids is 1. The van der Waals surface area contributed by atoms with Crippen molar-refractivity contribution in [2.45, 2.75) is 13.8 Å². The lowest BCUT2D eigenvalue weighted by atomic mass is 10.0. The highest BCUT2D eigenvalue weighted by Crippen LogP contribution is 2.38. The molecule has 0 bridgehead atoms. The molecule has 0 heterocycles. The monoisotopic (exact) mass is 508 g/mol. The maximum absolute atomic E-state index is 13.0. The molecule has 0 unspecified atom stereocenters. The Kier molecular flexibility index (Phi) is 8.22.